The number of rotatable bonds is 10. The zero-order chi connectivity index (χ0) is 11.5. The van der Waals surface area contributed by atoms with Crippen molar-refractivity contribution in [2.75, 3.05) is 7.05 Å². The Morgan fingerprint density at radius 1 is 0.867 bits per heavy atom. The summed E-state index contributed by atoms with van der Waals surface area (Å²) in [4.78, 5) is 0. The largest absolute Gasteiger partial charge is 0.317 e. The second kappa shape index (κ2) is 10.5. The van der Waals surface area contributed by atoms with E-state index in [0.29, 0.717) is 0 Å². The van der Waals surface area contributed by atoms with Crippen LogP contribution in [0.15, 0.2) is 0 Å². The Labute approximate surface area is 97.0 Å². The molecule has 0 amide bonds. The van der Waals surface area contributed by atoms with E-state index in [9.17, 15) is 0 Å². The highest BCUT2D eigenvalue weighted by atomic mass is 14.9. The summed E-state index contributed by atoms with van der Waals surface area (Å²) in [6.45, 7) is 6.90. The van der Waals surface area contributed by atoms with E-state index in [1.54, 1.807) is 0 Å². The van der Waals surface area contributed by atoms with Crippen LogP contribution in [0.2, 0.25) is 0 Å². The summed E-state index contributed by atoms with van der Waals surface area (Å²) >= 11 is 0. The molecule has 1 atom stereocenters. The molecule has 0 fully saturated rings. The van der Waals surface area contributed by atoms with Gasteiger partial charge < -0.3 is 5.32 Å². The summed E-state index contributed by atoms with van der Waals surface area (Å²) in [6, 6.07) is 0.758. The standard InChI is InChI=1S/C14H31N/c1-5-6-7-8-9-10-14(15-4)12-11-13(2)3/h13-15H,5-12H2,1-4H3. The summed E-state index contributed by atoms with van der Waals surface area (Å²) in [5.74, 6) is 0.848. The smallest absolute Gasteiger partial charge is 0.00641 e. The average Bonchev–Trinajstić information content (AvgIpc) is 2.22. The van der Waals surface area contributed by atoms with Crippen molar-refractivity contribution < 1.29 is 0 Å². The van der Waals surface area contributed by atoms with Crippen LogP contribution in [0, 0.1) is 5.92 Å². The van der Waals surface area contributed by atoms with Gasteiger partial charge in [-0.25, -0.2) is 0 Å². The first kappa shape index (κ1) is 15.0. The van der Waals surface area contributed by atoms with Crippen LogP contribution in [-0.4, -0.2) is 13.1 Å². The van der Waals surface area contributed by atoms with Crippen LogP contribution >= 0.6 is 0 Å². The van der Waals surface area contributed by atoms with Crippen LogP contribution in [0.4, 0.5) is 0 Å². The number of hydrogen-bond acceptors (Lipinski definition) is 1. The van der Waals surface area contributed by atoms with Gasteiger partial charge in [0, 0.05) is 6.04 Å². The summed E-state index contributed by atoms with van der Waals surface area (Å²) in [5, 5.41) is 3.45. The van der Waals surface area contributed by atoms with Crippen LogP contribution in [0.3, 0.4) is 0 Å². The predicted octanol–water partition coefficient (Wildman–Crippen LogP) is 4.37. The lowest BCUT2D eigenvalue weighted by Gasteiger charge is -2.17. The SMILES string of the molecule is CCCCCCCC(CCC(C)C)NC. The van der Waals surface area contributed by atoms with Gasteiger partial charge in [-0.15, -0.1) is 0 Å². The minimum Gasteiger partial charge on any atom is -0.317 e. The Kier molecular flexibility index (Phi) is 10.4. The van der Waals surface area contributed by atoms with E-state index in [2.05, 4.69) is 33.1 Å². The Hall–Kier alpha value is -0.0400. The van der Waals surface area contributed by atoms with Gasteiger partial charge in [-0.3, -0.25) is 0 Å². The van der Waals surface area contributed by atoms with Gasteiger partial charge in [-0.1, -0.05) is 52.9 Å². The Bertz CT molecular complexity index is 121. The molecule has 92 valence electrons. The molecule has 1 heteroatoms. The minimum absolute atomic E-state index is 0.758. The van der Waals surface area contributed by atoms with Crippen molar-refractivity contribution in [1.82, 2.24) is 5.32 Å². The predicted molar refractivity (Wildman–Crippen MR) is 70.3 cm³/mol. The van der Waals surface area contributed by atoms with Gasteiger partial charge in [0.15, 0.2) is 0 Å². The normalized spacial score (nSPS) is 13.4. The summed E-state index contributed by atoms with van der Waals surface area (Å²) in [5.41, 5.74) is 0. The molecule has 0 aliphatic carbocycles. The topological polar surface area (TPSA) is 12.0 Å². The summed E-state index contributed by atoms with van der Waals surface area (Å²) in [6.07, 6.45) is 11.1. The van der Waals surface area contributed by atoms with Crippen LogP contribution < -0.4 is 5.32 Å². The average molecular weight is 213 g/mol. The van der Waals surface area contributed by atoms with E-state index in [4.69, 9.17) is 0 Å². The van der Waals surface area contributed by atoms with Gasteiger partial charge in [0.25, 0.3) is 0 Å². The van der Waals surface area contributed by atoms with Crippen molar-refractivity contribution in [2.45, 2.75) is 78.2 Å². The highest BCUT2D eigenvalue weighted by Gasteiger charge is 2.06. The lowest BCUT2D eigenvalue weighted by molar-refractivity contribution is 0.417. The molecule has 0 rings (SSSR count). The molecule has 0 heterocycles. The maximum absolute atomic E-state index is 3.45. The molecule has 0 aromatic rings. The van der Waals surface area contributed by atoms with Gasteiger partial charge in [-0.2, -0.15) is 0 Å². The van der Waals surface area contributed by atoms with Gasteiger partial charge >= 0.3 is 0 Å². The van der Waals surface area contributed by atoms with E-state index in [0.717, 1.165) is 12.0 Å². The maximum Gasteiger partial charge on any atom is 0.00641 e. The zero-order valence-corrected chi connectivity index (χ0v) is 11.3. The third-order valence-corrected chi connectivity index (χ3v) is 3.16. The fourth-order valence-electron chi connectivity index (χ4n) is 1.96. The third kappa shape index (κ3) is 10.2. The molecule has 0 aromatic heterocycles. The van der Waals surface area contributed by atoms with Crippen LogP contribution in [-0.2, 0) is 0 Å². The van der Waals surface area contributed by atoms with Crippen molar-refractivity contribution in [1.29, 1.82) is 0 Å². The molecule has 1 unspecified atom stereocenters. The monoisotopic (exact) mass is 213 g/mol. The van der Waals surface area contributed by atoms with Crippen molar-refractivity contribution in [2.24, 2.45) is 5.92 Å². The zero-order valence-electron chi connectivity index (χ0n) is 11.3. The molecule has 0 bridgehead atoms. The maximum atomic E-state index is 3.45. The van der Waals surface area contributed by atoms with E-state index in [1.165, 1.54) is 51.4 Å². The van der Waals surface area contributed by atoms with Gasteiger partial charge in [-0.05, 0) is 32.2 Å². The Morgan fingerprint density at radius 3 is 2.07 bits per heavy atom. The van der Waals surface area contributed by atoms with Gasteiger partial charge in [0.1, 0.15) is 0 Å². The fourth-order valence-corrected chi connectivity index (χ4v) is 1.96. The third-order valence-electron chi connectivity index (χ3n) is 3.16. The Balaban J connectivity index is 3.36. The molecule has 0 aliphatic heterocycles. The van der Waals surface area contributed by atoms with E-state index in [-0.39, 0.29) is 0 Å². The van der Waals surface area contributed by atoms with Crippen molar-refractivity contribution in [3.8, 4) is 0 Å². The molecule has 0 aromatic carbocycles. The molecule has 1 nitrogen and oxygen atoms in total. The lowest BCUT2D eigenvalue weighted by atomic mass is 9.99. The quantitative estimate of drug-likeness (QED) is 0.531. The molecule has 0 radical (unpaired) electrons. The lowest BCUT2D eigenvalue weighted by Crippen LogP contribution is -2.25. The van der Waals surface area contributed by atoms with Crippen molar-refractivity contribution in [3.05, 3.63) is 0 Å². The molecule has 0 saturated heterocycles. The second-order valence-corrected chi connectivity index (χ2v) is 5.16. The first-order valence-corrected chi connectivity index (χ1v) is 6.88. The number of nitrogens with one attached hydrogen (secondary N) is 1. The van der Waals surface area contributed by atoms with Crippen LogP contribution in [0.5, 0.6) is 0 Å². The number of hydrogen-bond donors (Lipinski definition) is 1. The van der Waals surface area contributed by atoms with Crippen molar-refractivity contribution >= 4 is 0 Å². The highest BCUT2D eigenvalue weighted by molar-refractivity contribution is 4.65. The Morgan fingerprint density at radius 2 is 1.53 bits per heavy atom. The van der Waals surface area contributed by atoms with Crippen LogP contribution in [0.25, 0.3) is 0 Å². The molecule has 1 N–H and O–H groups in total. The highest BCUT2D eigenvalue weighted by Crippen LogP contribution is 2.13. The molecular formula is C14H31N. The van der Waals surface area contributed by atoms with Gasteiger partial charge in [0.05, 0.1) is 0 Å². The minimum atomic E-state index is 0.758. The molecule has 0 aliphatic rings. The number of unbranched alkanes of at least 4 members (excludes halogenated alkanes) is 4. The van der Waals surface area contributed by atoms with E-state index in [1.807, 2.05) is 0 Å². The fraction of sp³-hybridized carbons (Fsp3) is 1.00. The molecule has 0 spiro atoms. The summed E-state index contributed by atoms with van der Waals surface area (Å²) in [7, 11) is 2.11. The second-order valence-electron chi connectivity index (χ2n) is 5.16. The first-order chi connectivity index (χ1) is 7.20. The van der Waals surface area contributed by atoms with Crippen LogP contribution in [0.1, 0.15) is 72.1 Å². The van der Waals surface area contributed by atoms with E-state index < -0.39 is 0 Å². The van der Waals surface area contributed by atoms with Gasteiger partial charge in [0.2, 0.25) is 0 Å². The first-order valence-electron chi connectivity index (χ1n) is 6.88. The van der Waals surface area contributed by atoms with Crippen molar-refractivity contribution in [3.63, 3.8) is 0 Å². The molecule has 0 saturated carbocycles. The molecular weight excluding hydrogens is 182 g/mol. The molecule has 15 heavy (non-hydrogen) atoms. The summed E-state index contributed by atoms with van der Waals surface area (Å²) < 4.78 is 0. The van der Waals surface area contributed by atoms with E-state index >= 15 is 0 Å².